The zero-order valence-electron chi connectivity index (χ0n) is 10.8. The van der Waals surface area contributed by atoms with E-state index in [1.54, 1.807) is 0 Å². The van der Waals surface area contributed by atoms with Gasteiger partial charge in [0, 0.05) is 6.42 Å². The minimum Gasteiger partial charge on any atom is -0.295 e. The van der Waals surface area contributed by atoms with Gasteiger partial charge in [0.1, 0.15) is 0 Å². The number of hydrogen-bond acceptors (Lipinski definition) is 1. The first kappa shape index (κ1) is 15.1. The summed E-state index contributed by atoms with van der Waals surface area (Å²) in [5.41, 5.74) is 1.50. The van der Waals surface area contributed by atoms with Crippen molar-refractivity contribution in [1.82, 2.24) is 0 Å². The fraction of sp³-hybridized carbons (Fsp3) is 0.769. The van der Waals surface area contributed by atoms with Crippen molar-refractivity contribution in [3.05, 3.63) is 12.8 Å². The van der Waals surface area contributed by atoms with Gasteiger partial charge in [-0.2, -0.15) is 0 Å². The summed E-state index contributed by atoms with van der Waals surface area (Å²) in [4.78, 5) is 12.0. The van der Waals surface area contributed by atoms with Gasteiger partial charge >= 0.3 is 0 Å². The van der Waals surface area contributed by atoms with Crippen LogP contribution in [0.4, 0.5) is 0 Å². The summed E-state index contributed by atoms with van der Waals surface area (Å²) in [6.07, 6.45) is 7.07. The molecule has 0 aliphatic rings. The summed E-state index contributed by atoms with van der Waals surface area (Å²) in [7, 11) is -0.451. The van der Waals surface area contributed by atoms with Gasteiger partial charge in [0.25, 0.3) is 0 Å². The van der Waals surface area contributed by atoms with Gasteiger partial charge in [-0.3, -0.25) is 4.79 Å². The second-order valence-electron chi connectivity index (χ2n) is 4.45. The van der Waals surface area contributed by atoms with Crippen LogP contribution in [0.1, 0.15) is 53.9 Å². The van der Waals surface area contributed by atoms with E-state index < -0.39 is 7.92 Å². The fourth-order valence-corrected chi connectivity index (χ4v) is 4.41. The van der Waals surface area contributed by atoms with Crippen LogP contribution in [-0.4, -0.2) is 16.8 Å². The van der Waals surface area contributed by atoms with E-state index in [2.05, 4.69) is 41.0 Å². The summed E-state index contributed by atoms with van der Waals surface area (Å²) in [5, 5.41) is 0. The molecule has 0 N–H and O–H groups in total. The summed E-state index contributed by atoms with van der Waals surface area (Å²) in [6, 6.07) is 0. The van der Waals surface area contributed by atoms with E-state index in [4.69, 9.17) is 0 Å². The Morgan fingerprint density at radius 2 is 1.67 bits per heavy atom. The molecule has 0 saturated heterocycles. The van der Waals surface area contributed by atoms with E-state index in [9.17, 15) is 4.79 Å². The van der Waals surface area contributed by atoms with Crippen LogP contribution in [-0.2, 0) is 4.79 Å². The molecule has 0 bridgehead atoms. The summed E-state index contributed by atoms with van der Waals surface area (Å²) >= 11 is 0. The average molecular weight is 228 g/mol. The predicted octanol–water partition coefficient (Wildman–Crippen LogP) is 4.41. The Hall–Kier alpha value is 0.100. The van der Waals surface area contributed by atoms with Crippen LogP contribution in [0, 0.1) is 12.8 Å². The maximum atomic E-state index is 12.0. The standard InChI is InChI=1S/C13H25OP/c1-6-7-8-9-10-13(14)15(11(2)3)12(4)5/h8-9,11-12H,6-7,10H2,1-5H3. The second kappa shape index (κ2) is 8.28. The van der Waals surface area contributed by atoms with E-state index in [-0.39, 0.29) is 0 Å². The molecular formula is C13H25OP. The lowest BCUT2D eigenvalue weighted by molar-refractivity contribution is -0.111. The third-order valence-electron chi connectivity index (χ3n) is 2.32. The molecule has 0 fully saturated rings. The van der Waals surface area contributed by atoms with E-state index >= 15 is 0 Å². The summed E-state index contributed by atoms with van der Waals surface area (Å²) in [5.74, 6) is 0. The number of carbonyl (C=O) groups is 1. The zero-order valence-corrected chi connectivity index (χ0v) is 11.7. The first-order chi connectivity index (χ1) is 7.00. The normalized spacial score (nSPS) is 11.7. The van der Waals surface area contributed by atoms with Crippen molar-refractivity contribution in [2.75, 3.05) is 0 Å². The van der Waals surface area contributed by atoms with E-state index in [0.29, 0.717) is 23.3 Å². The lowest BCUT2D eigenvalue weighted by atomic mass is 10.2. The van der Waals surface area contributed by atoms with Gasteiger partial charge in [0.15, 0.2) is 5.52 Å². The molecule has 0 heterocycles. The minimum atomic E-state index is -0.451. The van der Waals surface area contributed by atoms with Gasteiger partial charge in [0.05, 0.1) is 0 Å². The van der Waals surface area contributed by atoms with Gasteiger partial charge in [-0.1, -0.05) is 47.5 Å². The third kappa shape index (κ3) is 6.30. The first-order valence-corrected chi connectivity index (χ1v) is 7.44. The molecule has 2 heteroatoms. The fourth-order valence-electron chi connectivity index (χ4n) is 1.75. The second-order valence-corrected chi connectivity index (χ2v) is 7.83. The van der Waals surface area contributed by atoms with Crippen molar-refractivity contribution in [2.45, 2.75) is 65.2 Å². The van der Waals surface area contributed by atoms with Crippen LogP contribution in [0.25, 0.3) is 0 Å². The Kier molecular flexibility index (Phi) is 8.33. The molecule has 0 rings (SSSR count). The van der Waals surface area contributed by atoms with Crippen molar-refractivity contribution >= 4 is 13.4 Å². The number of carbonyl (C=O) groups excluding carboxylic acids is 1. The van der Waals surface area contributed by atoms with Crippen molar-refractivity contribution in [2.24, 2.45) is 0 Å². The lowest BCUT2D eigenvalue weighted by Crippen LogP contribution is -2.12. The van der Waals surface area contributed by atoms with Crippen LogP contribution in [0.15, 0.2) is 0 Å². The third-order valence-corrected chi connectivity index (χ3v) is 5.30. The summed E-state index contributed by atoms with van der Waals surface area (Å²) < 4.78 is 0. The van der Waals surface area contributed by atoms with Crippen molar-refractivity contribution in [3.8, 4) is 0 Å². The molecule has 0 aliphatic heterocycles. The Balaban J connectivity index is 3.93. The lowest BCUT2D eigenvalue weighted by Gasteiger charge is -2.23. The van der Waals surface area contributed by atoms with E-state index in [1.165, 1.54) is 0 Å². The molecule has 0 amide bonds. The van der Waals surface area contributed by atoms with Crippen LogP contribution >= 0.6 is 7.92 Å². The highest BCUT2D eigenvalue weighted by Gasteiger charge is 2.23. The van der Waals surface area contributed by atoms with Gasteiger partial charge in [-0.25, -0.2) is 0 Å². The molecule has 0 spiro atoms. The highest BCUT2D eigenvalue weighted by Crippen LogP contribution is 2.47. The molecule has 0 aliphatic carbocycles. The quantitative estimate of drug-likeness (QED) is 0.444. The smallest absolute Gasteiger partial charge is 0.155 e. The predicted molar refractivity (Wildman–Crippen MR) is 70.3 cm³/mol. The van der Waals surface area contributed by atoms with Gasteiger partial charge < -0.3 is 0 Å². The van der Waals surface area contributed by atoms with Crippen LogP contribution in [0.5, 0.6) is 0 Å². The highest BCUT2D eigenvalue weighted by atomic mass is 31.1. The van der Waals surface area contributed by atoms with E-state index in [0.717, 1.165) is 12.8 Å². The molecule has 88 valence electrons. The Morgan fingerprint density at radius 1 is 1.13 bits per heavy atom. The number of rotatable bonds is 8. The number of unbranched alkanes of at least 4 members (excludes halogenated alkanes) is 3. The largest absolute Gasteiger partial charge is 0.295 e. The molecule has 2 radical (unpaired) electrons. The zero-order chi connectivity index (χ0) is 11.8. The molecule has 1 nitrogen and oxygen atoms in total. The van der Waals surface area contributed by atoms with Gasteiger partial charge in [-0.15, -0.1) is 0 Å². The molecule has 0 saturated carbocycles. The average Bonchev–Trinajstić information content (AvgIpc) is 2.11. The topological polar surface area (TPSA) is 17.1 Å². The number of hydrogen-bond donors (Lipinski definition) is 0. The SMILES string of the molecule is CCC[CH][CH]CC(=O)P(C(C)C)C(C)C. The molecule has 0 atom stereocenters. The Morgan fingerprint density at radius 3 is 2.07 bits per heavy atom. The highest BCUT2D eigenvalue weighted by molar-refractivity contribution is 7.75. The Bertz CT molecular complexity index is 167. The molecule has 0 aromatic heterocycles. The monoisotopic (exact) mass is 228 g/mol. The van der Waals surface area contributed by atoms with Crippen molar-refractivity contribution in [1.29, 1.82) is 0 Å². The van der Waals surface area contributed by atoms with Crippen LogP contribution < -0.4 is 0 Å². The maximum absolute atomic E-state index is 12.0. The Labute approximate surface area is 96.8 Å². The molecule has 0 aromatic rings. The van der Waals surface area contributed by atoms with Crippen LogP contribution in [0.2, 0.25) is 0 Å². The van der Waals surface area contributed by atoms with Gasteiger partial charge in [0.2, 0.25) is 0 Å². The maximum Gasteiger partial charge on any atom is 0.155 e. The molecule has 0 aromatic carbocycles. The first-order valence-electron chi connectivity index (χ1n) is 5.96. The minimum absolute atomic E-state index is 0.451. The summed E-state index contributed by atoms with van der Waals surface area (Å²) in [6.45, 7) is 10.8. The molecular weight excluding hydrogens is 203 g/mol. The molecule has 15 heavy (non-hydrogen) atoms. The van der Waals surface area contributed by atoms with E-state index in [1.807, 2.05) is 6.42 Å². The van der Waals surface area contributed by atoms with Gasteiger partial charge in [-0.05, 0) is 32.1 Å². The van der Waals surface area contributed by atoms with Crippen LogP contribution in [0.3, 0.4) is 0 Å². The van der Waals surface area contributed by atoms with Crippen molar-refractivity contribution < 1.29 is 4.79 Å². The van der Waals surface area contributed by atoms with Crippen molar-refractivity contribution in [3.63, 3.8) is 0 Å². The molecule has 0 unspecified atom stereocenters.